The lowest BCUT2D eigenvalue weighted by atomic mass is 9.29. The third kappa shape index (κ3) is 4.77. The Labute approximate surface area is 396 Å². The molecule has 16 rings (SSSR count). The SMILES string of the molecule is c1ccc(-c2ccccc2C2c3ccccc3B3c4c(cccc42)-c2ccc4cc5c6c(ccc7cc3c2c4c76)-c2cccc3c2B5c2ccccc2C3c2ccccc2-c2ccccc2)cc1. The maximum absolute atomic E-state index is 2.60. The van der Waals surface area contributed by atoms with E-state index < -0.39 is 0 Å². The number of hydrogen-bond acceptors (Lipinski definition) is 0. The van der Waals surface area contributed by atoms with Crippen molar-refractivity contribution in [3.8, 4) is 44.5 Å². The molecule has 0 spiro atoms. The van der Waals surface area contributed by atoms with Gasteiger partial charge in [0.2, 0.25) is 13.4 Å². The normalized spacial score (nSPS) is 15.6. The van der Waals surface area contributed by atoms with Crippen LogP contribution in [0.3, 0.4) is 0 Å². The minimum absolute atomic E-state index is 0.108. The van der Waals surface area contributed by atoms with Crippen molar-refractivity contribution in [2.75, 3.05) is 0 Å². The summed E-state index contributed by atoms with van der Waals surface area (Å²) in [5.41, 5.74) is 27.6. The summed E-state index contributed by atoms with van der Waals surface area (Å²) < 4.78 is 0. The number of hydrogen-bond donors (Lipinski definition) is 0. The van der Waals surface area contributed by atoms with Crippen LogP contribution in [0.25, 0.3) is 76.8 Å². The molecule has 2 heteroatoms. The largest absolute Gasteiger partial charge is 0.243 e. The molecule has 4 aliphatic rings. The third-order valence-electron chi connectivity index (χ3n) is 16.6. The Morgan fingerprint density at radius 1 is 0.235 bits per heavy atom. The van der Waals surface area contributed by atoms with Gasteiger partial charge < -0.3 is 0 Å². The van der Waals surface area contributed by atoms with Crippen LogP contribution in [-0.2, 0) is 0 Å². The first-order valence-corrected chi connectivity index (χ1v) is 24.3. The molecule has 0 radical (unpaired) electrons. The fourth-order valence-electron chi connectivity index (χ4n) is 14.1. The quantitative estimate of drug-likeness (QED) is 0.122. The van der Waals surface area contributed by atoms with Gasteiger partial charge in [-0.1, -0.05) is 263 Å². The summed E-state index contributed by atoms with van der Waals surface area (Å²) in [7, 11) is 0. The van der Waals surface area contributed by atoms with Crippen LogP contribution in [0.15, 0.2) is 231 Å². The Hall–Kier alpha value is -8.19. The minimum atomic E-state index is 0.108. The highest BCUT2D eigenvalue weighted by Gasteiger charge is 2.45. The average molecular weight is 855 g/mol. The monoisotopic (exact) mass is 854 g/mol. The molecule has 0 nitrogen and oxygen atoms in total. The molecule has 4 heterocycles. The van der Waals surface area contributed by atoms with Gasteiger partial charge in [-0.05, 0) is 110 Å². The molecule has 0 saturated carbocycles. The lowest BCUT2D eigenvalue weighted by Crippen LogP contribution is -2.60. The molecule has 2 atom stereocenters. The molecule has 310 valence electrons. The Bertz CT molecular complexity index is 3840. The highest BCUT2D eigenvalue weighted by Crippen LogP contribution is 2.48. The molecule has 0 N–H and O–H groups in total. The van der Waals surface area contributed by atoms with Crippen LogP contribution in [-0.4, -0.2) is 13.4 Å². The Balaban J connectivity index is 0.955. The summed E-state index contributed by atoms with van der Waals surface area (Å²) in [6, 6.07) is 88.2. The molecule has 4 aliphatic heterocycles. The van der Waals surface area contributed by atoms with Crippen molar-refractivity contribution >= 4 is 78.5 Å². The van der Waals surface area contributed by atoms with Gasteiger partial charge in [0, 0.05) is 11.8 Å². The number of fused-ring (bicyclic) bond motifs is 8. The number of rotatable bonds is 4. The summed E-state index contributed by atoms with van der Waals surface area (Å²) in [6.07, 6.45) is 0. The molecule has 0 amide bonds. The zero-order valence-corrected chi connectivity index (χ0v) is 37.2. The molecule has 0 fully saturated rings. The topological polar surface area (TPSA) is 0 Å². The van der Waals surface area contributed by atoms with Crippen molar-refractivity contribution in [3.63, 3.8) is 0 Å². The lowest BCUT2D eigenvalue weighted by molar-refractivity contribution is 0.989. The van der Waals surface area contributed by atoms with Gasteiger partial charge >= 0.3 is 0 Å². The Kier molecular flexibility index (Phi) is 7.44. The van der Waals surface area contributed by atoms with E-state index in [1.807, 2.05) is 0 Å². The second kappa shape index (κ2) is 13.7. The Morgan fingerprint density at radius 2 is 0.603 bits per heavy atom. The predicted molar refractivity (Wildman–Crippen MR) is 289 cm³/mol. The third-order valence-corrected chi connectivity index (χ3v) is 16.6. The number of benzene rings is 12. The summed E-state index contributed by atoms with van der Waals surface area (Å²) in [5.74, 6) is 0.216. The molecule has 2 unspecified atom stereocenters. The van der Waals surface area contributed by atoms with Gasteiger partial charge in [-0.15, -0.1) is 0 Å². The van der Waals surface area contributed by atoms with Gasteiger partial charge in [0.25, 0.3) is 0 Å². The lowest BCUT2D eigenvalue weighted by Gasteiger charge is -2.40. The highest BCUT2D eigenvalue weighted by molar-refractivity contribution is 7.01. The summed E-state index contributed by atoms with van der Waals surface area (Å²) in [6.45, 7) is 0.241. The summed E-state index contributed by atoms with van der Waals surface area (Å²) >= 11 is 0. The van der Waals surface area contributed by atoms with E-state index in [4.69, 9.17) is 0 Å². The fraction of sp³-hybridized carbons (Fsp3) is 0.0303. The van der Waals surface area contributed by atoms with Crippen molar-refractivity contribution in [2.45, 2.75) is 11.8 Å². The van der Waals surface area contributed by atoms with Gasteiger partial charge in [0.1, 0.15) is 0 Å². The molecule has 0 bridgehead atoms. The maximum Gasteiger partial charge on any atom is 0.243 e. The first kappa shape index (κ1) is 37.0. The van der Waals surface area contributed by atoms with Crippen LogP contribution in [0.4, 0.5) is 0 Å². The van der Waals surface area contributed by atoms with Crippen molar-refractivity contribution < 1.29 is 0 Å². The van der Waals surface area contributed by atoms with Gasteiger partial charge in [-0.25, -0.2) is 0 Å². The van der Waals surface area contributed by atoms with Crippen molar-refractivity contribution in [3.05, 3.63) is 264 Å². The average Bonchev–Trinajstić information content (AvgIpc) is 3.41. The fourth-order valence-corrected chi connectivity index (χ4v) is 14.1. The standard InChI is InChI=1S/C66H40B2/c1-3-17-39(18-4-1)43-21-7-9-23-45(43)61-51-25-11-13-31-55(51)67-57-37-41-34-36-48-50-28-16-30-54-62(46-24-10-8-22-44(46)40-19-5-2-6-20-40)52-26-12-14-32-56(52)68(66(50)54)58-38-42-33-35-47(49-27-15-29-53(61)65(49)67)63(57)59(42)60(41)64(48)58/h1-38,61-62H. The van der Waals surface area contributed by atoms with E-state index in [2.05, 4.69) is 231 Å². The van der Waals surface area contributed by atoms with Crippen LogP contribution in [0, 0.1) is 0 Å². The van der Waals surface area contributed by atoms with E-state index in [1.54, 1.807) is 0 Å². The van der Waals surface area contributed by atoms with Crippen LogP contribution >= 0.6 is 0 Å². The second-order valence-corrected chi connectivity index (χ2v) is 19.6. The van der Waals surface area contributed by atoms with Crippen molar-refractivity contribution in [1.29, 1.82) is 0 Å². The zero-order chi connectivity index (χ0) is 44.2. The van der Waals surface area contributed by atoms with E-state index in [0.29, 0.717) is 0 Å². The van der Waals surface area contributed by atoms with Gasteiger partial charge in [0.05, 0.1) is 0 Å². The molecule has 0 aromatic heterocycles. The van der Waals surface area contributed by atoms with E-state index in [9.17, 15) is 0 Å². The van der Waals surface area contributed by atoms with Crippen molar-refractivity contribution in [1.82, 2.24) is 0 Å². The highest BCUT2D eigenvalue weighted by atomic mass is 14.4. The van der Waals surface area contributed by atoms with Crippen LogP contribution in [0.1, 0.15) is 45.2 Å². The second-order valence-electron chi connectivity index (χ2n) is 19.6. The van der Waals surface area contributed by atoms with Gasteiger partial charge in [-0.2, -0.15) is 0 Å². The van der Waals surface area contributed by atoms with Crippen LogP contribution in [0.2, 0.25) is 0 Å². The Morgan fingerprint density at radius 3 is 1.06 bits per heavy atom. The van der Waals surface area contributed by atoms with Gasteiger partial charge in [0.15, 0.2) is 0 Å². The van der Waals surface area contributed by atoms with Crippen LogP contribution in [0.5, 0.6) is 0 Å². The summed E-state index contributed by atoms with van der Waals surface area (Å²) in [5, 5.41) is 8.35. The summed E-state index contributed by atoms with van der Waals surface area (Å²) in [4.78, 5) is 0. The van der Waals surface area contributed by atoms with Gasteiger partial charge in [-0.3, -0.25) is 0 Å². The van der Waals surface area contributed by atoms with Crippen LogP contribution < -0.4 is 32.8 Å². The zero-order valence-electron chi connectivity index (χ0n) is 37.2. The molecule has 68 heavy (non-hydrogen) atoms. The van der Waals surface area contributed by atoms with E-state index in [-0.39, 0.29) is 25.3 Å². The van der Waals surface area contributed by atoms with Crippen molar-refractivity contribution in [2.24, 2.45) is 0 Å². The van der Waals surface area contributed by atoms with E-state index in [0.717, 1.165) is 0 Å². The minimum Gasteiger partial charge on any atom is -0.0667 e. The van der Waals surface area contributed by atoms with E-state index >= 15 is 0 Å². The predicted octanol–water partition coefficient (Wildman–Crippen LogP) is 11.9. The molecular weight excluding hydrogens is 814 g/mol. The van der Waals surface area contributed by atoms with E-state index in [1.165, 1.54) is 143 Å². The maximum atomic E-state index is 2.60. The molecule has 12 aromatic carbocycles. The molecule has 0 aliphatic carbocycles. The molecular formula is C66H40B2. The first-order valence-electron chi connectivity index (χ1n) is 24.3. The molecule has 0 saturated heterocycles. The smallest absolute Gasteiger partial charge is 0.0667 e. The first-order chi connectivity index (χ1) is 33.8. The molecule has 12 aromatic rings.